The monoisotopic (exact) mass is 392 g/mol. The zero-order valence-electron chi connectivity index (χ0n) is 15.0. The summed E-state index contributed by atoms with van der Waals surface area (Å²) in [6.45, 7) is 1.25. The minimum absolute atomic E-state index is 0.376. The molecule has 0 amide bonds. The Morgan fingerprint density at radius 3 is 2.89 bits per heavy atom. The maximum Gasteiger partial charge on any atom is 0.245 e. The van der Waals surface area contributed by atoms with Crippen LogP contribution in [0.15, 0.2) is 52.7 Å². The molecule has 0 atom stereocenters. The predicted octanol–water partition coefficient (Wildman–Crippen LogP) is 2.97. The Balaban J connectivity index is 1.48. The molecule has 0 bridgehead atoms. The molecule has 28 heavy (non-hydrogen) atoms. The van der Waals surface area contributed by atoms with E-state index < -0.39 is 0 Å². The SMILES string of the molecule is CN(Cc1cnc2ccccn12)c1nc2nonc2nc1NCc1cccs1. The van der Waals surface area contributed by atoms with Gasteiger partial charge in [-0.25, -0.2) is 19.6 Å². The summed E-state index contributed by atoms with van der Waals surface area (Å²) < 4.78 is 6.84. The van der Waals surface area contributed by atoms with Gasteiger partial charge in [0, 0.05) is 18.1 Å². The maximum absolute atomic E-state index is 4.79. The van der Waals surface area contributed by atoms with Crippen LogP contribution in [0.3, 0.4) is 0 Å². The Morgan fingerprint density at radius 2 is 2.04 bits per heavy atom. The minimum atomic E-state index is 0.376. The van der Waals surface area contributed by atoms with Crippen LogP contribution in [0, 0.1) is 0 Å². The molecular formula is C18H16N8OS. The van der Waals surface area contributed by atoms with Gasteiger partial charge < -0.3 is 14.6 Å². The molecule has 0 aliphatic carbocycles. The molecular weight excluding hydrogens is 376 g/mol. The Bertz CT molecular complexity index is 1230. The van der Waals surface area contributed by atoms with E-state index in [0.717, 1.165) is 11.3 Å². The molecule has 0 aliphatic heterocycles. The molecule has 5 rings (SSSR count). The van der Waals surface area contributed by atoms with E-state index >= 15 is 0 Å². The van der Waals surface area contributed by atoms with Crippen LogP contribution in [0.4, 0.5) is 11.6 Å². The van der Waals surface area contributed by atoms with E-state index in [0.29, 0.717) is 36.0 Å². The molecule has 0 spiro atoms. The van der Waals surface area contributed by atoms with Gasteiger partial charge in [-0.15, -0.1) is 11.3 Å². The lowest BCUT2D eigenvalue weighted by Gasteiger charge is -2.20. The summed E-state index contributed by atoms with van der Waals surface area (Å²) in [5.74, 6) is 1.30. The minimum Gasteiger partial charge on any atom is -0.362 e. The van der Waals surface area contributed by atoms with Crippen molar-refractivity contribution < 1.29 is 4.63 Å². The van der Waals surface area contributed by atoms with Crippen molar-refractivity contribution in [3.8, 4) is 0 Å². The molecule has 0 aromatic carbocycles. The van der Waals surface area contributed by atoms with Crippen molar-refractivity contribution in [3.05, 3.63) is 58.7 Å². The number of fused-ring (bicyclic) bond motifs is 2. The molecule has 0 aliphatic rings. The number of aromatic nitrogens is 6. The number of imidazole rings is 1. The van der Waals surface area contributed by atoms with E-state index in [9.17, 15) is 0 Å². The van der Waals surface area contributed by atoms with E-state index in [4.69, 9.17) is 4.63 Å². The van der Waals surface area contributed by atoms with Crippen molar-refractivity contribution >= 4 is 39.9 Å². The Labute approximate surface area is 163 Å². The summed E-state index contributed by atoms with van der Waals surface area (Å²) >= 11 is 1.68. The number of rotatable bonds is 6. The molecule has 0 saturated heterocycles. The number of anilines is 2. The van der Waals surface area contributed by atoms with Crippen LogP contribution < -0.4 is 10.2 Å². The maximum atomic E-state index is 4.79. The first-order valence-corrected chi connectivity index (χ1v) is 9.54. The summed E-state index contributed by atoms with van der Waals surface area (Å²) in [4.78, 5) is 16.8. The third-order valence-electron chi connectivity index (χ3n) is 4.36. The lowest BCUT2D eigenvalue weighted by molar-refractivity contribution is 0.314. The fraction of sp³-hybridized carbons (Fsp3) is 0.167. The highest BCUT2D eigenvalue weighted by Gasteiger charge is 2.17. The van der Waals surface area contributed by atoms with E-state index in [1.807, 2.05) is 54.0 Å². The Morgan fingerprint density at radius 1 is 1.14 bits per heavy atom. The first kappa shape index (κ1) is 16.6. The van der Waals surface area contributed by atoms with Crippen molar-refractivity contribution in [2.24, 2.45) is 0 Å². The van der Waals surface area contributed by atoms with Gasteiger partial charge >= 0.3 is 0 Å². The van der Waals surface area contributed by atoms with E-state index in [1.165, 1.54) is 4.88 Å². The predicted molar refractivity (Wildman–Crippen MR) is 106 cm³/mol. The van der Waals surface area contributed by atoms with Gasteiger partial charge in [0.15, 0.2) is 11.6 Å². The van der Waals surface area contributed by atoms with E-state index in [1.54, 1.807) is 11.3 Å². The molecule has 5 aromatic heterocycles. The molecule has 10 heteroatoms. The summed E-state index contributed by atoms with van der Waals surface area (Å²) in [6, 6.07) is 10.0. The van der Waals surface area contributed by atoms with Gasteiger partial charge in [-0.05, 0) is 33.9 Å². The van der Waals surface area contributed by atoms with Crippen LogP contribution in [0.25, 0.3) is 16.9 Å². The molecule has 0 fully saturated rings. The van der Waals surface area contributed by atoms with Gasteiger partial charge in [0.05, 0.1) is 25.0 Å². The smallest absolute Gasteiger partial charge is 0.245 e. The molecule has 5 aromatic rings. The zero-order valence-corrected chi connectivity index (χ0v) is 15.8. The zero-order chi connectivity index (χ0) is 18.9. The van der Waals surface area contributed by atoms with Gasteiger partial charge in [0.1, 0.15) is 5.65 Å². The van der Waals surface area contributed by atoms with Gasteiger partial charge in [0.25, 0.3) is 0 Å². The topological polar surface area (TPSA) is 97.3 Å². The van der Waals surface area contributed by atoms with Crippen molar-refractivity contribution in [3.63, 3.8) is 0 Å². The molecule has 5 heterocycles. The number of nitrogens with zero attached hydrogens (tertiary/aromatic N) is 7. The van der Waals surface area contributed by atoms with E-state index in [2.05, 4.69) is 41.0 Å². The number of nitrogens with one attached hydrogen (secondary N) is 1. The van der Waals surface area contributed by atoms with Gasteiger partial charge in [-0.3, -0.25) is 0 Å². The number of hydrogen-bond donors (Lipinski definition) is 1. The second kappa shape index (κ2) is 6.89. The van der Waals surface area contributed by atoms with Gasteiger partial charge in [-0.1, -0.05) is 12.1 Å². The van der Waals surface area contributed by atoms with E-state index in [-0.39, 0.29) is 0 Å². The van der Waals surface area contributed by atoms with Gasteiger partial charge in [0.2, 0.25) is 11.3 Å². The molecule has 0 unspecified atom stereocenters. The standard InChI is InChI=1S/C18H16N8OS/c1-25(11-12-9-19-14-6-2-3-7-26(12)14)18-17(20-10-13-5-4-8-28-13)21-15-16(22-18)24-27-23-15/h2-9H,10-11H2,1H3,(H,20,21,23). The second-order valence-corrected chi connectivity index (χ2v) is 7.31. The first-order chi connectivity index (χ1) is 13.8. The summed E-state index contributed by atoms with van der Waals surface area (Å²) in [6.07, 6.45) is 3.87. The third kappa shape index (κ3) is 3.03. The lowest BCUT2D eigenvalue weighted by atomic mass is 10.4. The quantitative estimate of drug-likeness (QED) is 0.471. The van der Waals surface area contributed by atoms with Gasteiger partial charge in [-0.2, -0.15) is 0 Å². The average Bonchev–Trinajstić information content (AvgIpc) is 3.46. The average molecular weight is 392 g/mol. The van der Waals surface area contributed by atoms with Crippen molar-refractivity contribution in [2.45, 2.75) is 13.1 Å². The number of pyridine rings is 1. The Hall–Kier alpha value is -3.53. The highest BCUT2D eigenvalue weighted by Crippen LogP contribution is 2.25. The lowest BCUT2D eigenvalue weighted by Crippen LogP contribution is -2.21. The summed E-state index contributed by atoms with van der Waals surface area (Å²) in [5.41, 5.74) is 2.70. The van der Waals surface area contributed by atoms with Crippen LogP contribution in [-0.4, -0.2) is 36.7 Å². The fourth-order valence-corrected chi connectivity index (χ4v) is 3.66. The molecule has 140 valence electrons. The molecule has 0 radical (unpaired) electrons. The van der Waals surface area contributed by atoms with Crippen LogP contribution >= 0.6 is 11.3 Å². The largest absolute Gasteiger partial charge is 0.362 e. The van der Waals surface area contributed by atoms with Crippen LogP contribution in [0.2, 0.25) is 0 Å². The van der Waals surface area contributed by atoms with Crippen LogP contribution in [0.5, 0.6) is 0 Å². The third-order valence-corrected chi connectivity index (χ3v) is 5.24. The highest BCUT2D eigenvalue weighted by molar-refractivity contribution is 7.09. The summed E-state index contributed by atoms with van der Waals surface area (Å²) in [5, 5.41) is 13.0. The fourth-order valence-electron chi connectivity index (χ4n) is 3.02. The normalized spacial score (nSPS) is 11.3. The van der Waals surface area contributed by atoms with Crippen molar-refractivity contribution in [1.29, 1.82) is 0 Å². The van der Waals surface area contributed by atoms with Crippen molar-refractivity contribution in [1.82, 2.24) is 29.7 Å². The highest BCUT2D eigenvalue weighted by atomic mass is 32.1. The van der Waals surface area contributed by atoms with Crippen molar-refractivity contribution in [2.75, 3.05) is 17.3 Å². The summed E-state index contributed by atoms with van der Waals surface area (Å²) in [7, 11) is 1.96. The molecule has 0 saturated carbocycles. The number of thiophene rings is 1. The molecule has 1 N–H and O–H groups in total. The first-order valence-electron chi connectivity index (χ1n) is 8.66. The second-order valence-electron chi connectivity index (χ2n) is 6.27. The van der Waals surface area contributed by atoms with Crippen LogP contribution in [-0.2, 0) is 13.1 Å². The molecule has 9 nitrogen and oxygen atoms in total. The van der Waals surface area contributed by atoms with Crippen LogP contribution in [0.1, 0.15) is 10.6 Å². The Kier molecular flexibility index (Phi) is 4.09. The number of hydrogen-bond acceptors (Lipinski definition) is 9.